The summed E-state index contributed by atoms with van der Waals surface area (Å²) in [5.41, 5.74) is 2.64. The van der Waals surface area contributed by atoms with Gasteiger partial charge in [-0.1, -0.05) is 40.5 Å². The first-order chi connectivity index (χ1) is 8.65. The molecule has 0 radical (unpaired) electrons. The van der Waals surface area contributed by atoms with Crippen LogP contribution in [0, 0.1) is 6.92 Å². The summed E-state index contributed by atoms with van der Waals surface area (Å²) < 4.78 is 1.11. The maximum absolute atomic E-state index is 4.93. The third-order valence-corrected chi connectivity index (χ3v) is 5.25. The standard InChI is InChI=1S/C14H17BrN2S/c1-10-6-11(15)8-12(7-10)16-13-17-14(9-18-13)4-2-3-5-14/h6-8H,2-5,9H2,1H3,(H,16,17). The van der Waals surface area contributed by atoms with Crippen molar-refractivity contribution in [3.05, 3.63) is 28.2 Å². The Kier molecular flexibility index (Phi) is 3.41. The van der Waals surface area contributed by atoms with Crippen LogP contribution in [0.1, 0.15) is 31.2 Å². The zero-order valence-electron chi connectivity index (χ0n) is 10.5. The molecule has 0 saturated heterocycles. The van der Waals surface area contributed by atoms with E-state index in [9.17, 15) is 0 Å². The quantitative estimate of drug-likeness (QED) is 0.817. The van der Waals surface area contributed by atoms with Gasteiger partial charge in [0.2, 0.25) is 0 Å². The third kappa shape index (κ3) is 2.59. The van der Waals surface area contributed by atoms with Crippen LogP contribution >= 0.6 is 27.7 Å². The molecule has 1 saturated carbocycles. The number of amidine groups is 1. The molecule has 1 aromatic rings. The van der Waals surface area contributed by atoms with Gasteiger partial charge in [-0.25, -0.2) is 0 Å². The average molecular weight is 325 g/mol. The largest absolute Gasteiger partial charge is 0.335 e. The summed E-state index contributed by atoms with van der Waals surface area (Å²) in [5, 5.41) is 4.55. The summed E-state index contributed by atoms with van der Waals surface area (Å²) in [4.78, 5) is 4.93. The van der Waals surface area contributed by atoms with Gasteiger partial charge < -0.3 is 5.32 Å². The van der Waals surface area contributed by atoms with Crippen molar-refractivity contribution in [2.24, 2.45) is 4.99 Å². The molecule has 0 bridgehead atoms. The number of aryl methyl sites for hydroxylation is 1. The predicted octanol–water partition coefficient (Wildman–Crippen LogP) is 4.59. The SMILES string of the molecule is Cc1cc(Br)cc(NC2=NC3(CCCC3)CS2)c1. The maximum Gasteiger partial charge on any atom is 0.161 e. The second-order valence-corrected chi connectivity index (χ2v) is 7.16. The molecule has 1 fully saturated rings. The third-order valence-electron chi connectivity index (χ3n) is 3.64. The molecule has 0 aromatic heterocycles. The predicted molar refractivity (Wildman–Crippen MR) is 83.6 cm³/mol. The monoisotopic (exact) mass is 324 g/mol. The zero-order valence-corrected chi connectivity index (χ0v) is 12.9. The number of nitrogens with zero attached hydrogens (tertiary/aromatic N) is 1. The smallest absolute Gasteiger partial charge is 0.161 e. The van der Waals surface area contributed by atoms with Crippen LogP contribution in [-0.2, 0) is 0 Å². The Hall–Kier alpha value is -0.480. The van der Waals surface area contributed by atoms with Gasteiger partial charge >= 0.3 is 0 Å². The molecular weight excluding hydrogens is 308 g/mol. The van der Waals surface area contributed by atoms with E-state index < -0.39 is 0 Å². The Morgan fingerprint density at radius 2 is 2.06 bits per heavy atom. The molecule has 1 N–H and O–H groups in total. The number of hydrogen-bond acceptors (Lipinski definition) is 3. The van der Waals surface area contributed by atoms with Crippen LogP contribution < -0.4 is 5.32 Å². The van der Waals surface area contributed by atoms with Crippen molar-refractivity contribution in [3.8, 4) is 0 Å². The highest BCUT2D eigenvalue weighted by Crippen LogP contribution is 2.41. The van der Waals surface area contributed by atoms with E-state index in [0.717, 1.165) is 21.1 Å². The lowest BCUT2D eigenvalue weighted by Crippen LogP contribution is -2.21. The molecule has 1 aliphatic carbocycles. The molecule has 0 amide bonds. The van der Waals surface area contributed by atoms with E-state index in [2.05, 4.69) is 46.4 Å². The first kappa shape index (κ1) is 12.5. The van der Waals surface area contributed by atoms with E-state index in [4.69, 9.17) is 4.99 Å². The molecule has 1 aliphatic heterocycles. The fourth-order valence-electron chi connectivity index (χ4n) is 2.77. The van der Waals surface area contributed by atoms with Crippen LogP contribution in [0.3, 0.4) is 0 Å². The van der Waals surface area contributed by atoms with Gasteiger partial charge in [0.1, 0.15) is 0 Å². The fourth-order valence-corrected chi connectivity index (χ4v) is 4.58. The maximum atomic E-state index is 4.93. The molecule has 2 nitrogen and oxygen atoms in total. The van der Waals surface area contributed by atoms with E-state index in [-0.39, 0.29) is 5.54 Å². The molecule has 4 heteroatoms. The first-order valence-corrected chi connectivity index (χ1v) is 8.20. The molecule has 18 heavy (non-hydrogen) atoms. The molecule has 0 unspecified atom stereocenters. The lowest BCUT2D eigenvalue weighted by atomic mass is 10.0. The average Bonchev–Trinajstić information content (AvgIpc) is 2.89. The normalized spacial score (nSPS) is 21.3. The summed E-state index contributed by atoms with van der Waals surface area (Å²) >= 11 is 5.40. The van der Waals surface area contributed by atoms with Crippen LogP contribution in [0.2, 0.25) is 0 Å². The van der Waals surface area contributed by atoms with Gasteiger partial charge in [0.15, 0.2) is 5.17 Å². The minimum Gasteiger partial charge on any atom is -0.335 e. The summed E-state index contributed by atoms with van der Waals surface area (Å²) in [6.45, 7) is 2.11. The first-order valence-electron chi connectivity index (χ1n) is 6.42. The van der Waals surface area contributed by atoms with Gasteiger partial charge in [0.25, 0.3) is 0 Å². The lowest BCUT2D eigenvalue weighted by Gasteiger charge is -2.16. The Morgan fingerprint density at radius 1 is 1.28 bits per heavy atom. The molecule has 3 rings (SSSR count). The van der Waals surface area contributed by atoms with E-state index >= 15 is 0 Å². The molecule has 1 aromatic carbocycles. The van der Waals surface area contributed by atoms with Crippen molar-refractivity contribution < 1.29 is 0 Å². The van der Waals surface area contributed by atoms with Crippen molar-refractivity contribution in [3.63, 3.8) is 0 Å². The van der Waals surface area contributed by atoms with E-state index in [1.807, 2.05) is 11.8 Å². The van der Waals surface area contributed by atoms with E-state index in [0.29, 0.717) is 0 Å². The number of benzene rings is 1. The summed E-state index contributed by atoms with van der Waals surface area (Å²) in [6.07, 6.45) is 5.21. The molecule has 1 spiro atoms. The Bertz CT molecular complexity index is 472. The molecule has 1 heterocycles. The number of hydrogen-bond donors (Lipinski definition) is 1. The number of anilines is 1. The minimum atomic E-state index is 0.258. The lowest BCUT2D eigenvalue weighted by molar-refractivity contribution is 0.508. The molecule has 0 atom stereocenters. The van der Waals surface area contributed by atoms with E-state index in [1.54, 1.807) is 0 Å². The number of aliphatic imine (C=N–C) groups is 1. The van der Waals surface area contributed by atoms with Crippen molar-refractivity contribution in [2.75, 3.05) is 11.1 Å². The summed E-state index contributed by atoms with van der Waals surface area (Å²) in [6, 6.07) is 6.39. The summed E-state index contributed by atoms with van der Waals surface area (Å²) in [7, 11) is 0. The zero-order chi connectivity index (χ0) is 12.6. The van der Waals surface area contributed by atoms with Crippen LogP contribution in [0.4, 0.5) is 5.69 Å². The molecule has 2 aliphatic rings. The van der Waals surface area contributed by atoms with Crippen molar-refractivity contribution >= 4 is 38.5 Å². The highest BCUT2D eigenvalue weighted by molar-refractivity contribution is 9.10. The Labute approximate surface area is 121 Å². The van der Waals surface area contributed by atoms with Crippen LogP contribution in [0.15, 0.2) is 27.7 Å². The van der Waals surface area contributed by atoms with E-state index in [1.165, 1.54) is 31.2 Å². The van der Waals surface area contributed by atoms with Gasteiger partial charge in [0, 0.05) is 15.9 Å². The van der Waals surface area contributed by atoms with Gasteiger partial charge in [0.05, 0.1) is 5.54 Å². The number of nitrogens with one attached hydrogen (secondary N) is 1. The van der Waals surface area contributed by atoms with Crippen molar-refractivity contribution in [2.45, 2.75) is 38.1 Å². The van der Waals surface area contributed by atoms with Crippen molar-refractivity contribution in [1.29, 1.82) is 0 Å². The summed E-state index contributed by atoms with van der Waals surface area (Å²) in [5.74, 6) is 1.16. The highest BCUT2D eigenvalue weighted by atomic mass is 79.9. The second-order valence-electron chi connectivity index (χ2n) is 5.28. The Morgan fingerprint density at radius 3 is 2.78 bits per heavy atom. The van der Waals surface area contributed by atoms with Crippen LogP contribution in [0.5, 0.6) is 0 Å². The van der Waals surface area contributed by atoms with Crippen molar-refractivity contribution in [1.82, 2.24) is 0 Å². The van der Waals surface area contributed by atoms with Gasteiger partial charge in [-0.3, -0.25) is 4.99 Å². The van der Waals surface area contributed by atoms with Crippen LogP contribution in [0.25, 0.3) is 0 Å². The topological polar surface area (TPSA) is 24.4 Å². The number of thioether (sulfide) groups is 1. The van der Waals surface area contributed by atoms with Gasteiger partial charge in [-0.15, -0.1) is 0 Å². The highest BCUT2D eigenvalue weighted by Gasteiger charge is 2.38. The Balaban J connectivity index is 1.77. The second kappa shape index (κ2) is 4.89. The number of halogens is 1. The fraction of sp³-hybridized carbons (Fsp3) is 0.500. The van der Waals surface area contributed by atoms with Gasteiger partial charge in [-0.2, -0.15) is 0 Å². The van der Waals surface area contributed by atoms with Crippen LogP contribution in [-0.4, -0.2) is 16.5 Å². The molecule has 96 valence electrons. The van der Waals surface area contributed by atoms with Gasteiger partial charge in [-0.05, 0) is 43.5 Å². The molecular formula is C14H17BrN2S. The number of rotatable bonds is 1. The minimum absolute atomic E-state index is 0.258.